The van der Waals surface area contributed by atoms with Gasteiger partial charge in [0.05, 0.1) is 6.20 Å². The van der Waals surface area contributed by atoms with Crippen LogP contribution in [0.25, 0.3) is 17.2 Å². The second kappa shape index (κ2) is 7.05. The molecule has 0 atom stereocenters. The molecule has 0 fully saturated rings. The van der Waals surface area contributed by atoms with E-state index in [-0.39, 0.29) is 0 Å². The van der Waals surface area contributed by atoms with Crippen molar-refractivity contribution in [3.63, 3.8) is 0 Å². The lowest BCUT2D eigenvalue weighted by Gasteiger charge is -2.03. The predicted octanol–water partition coefficient (Wildman–Crippen LogP) is 4.05. The first-order valence-corrected chi connectivity index (χ1v) is 7.67. The lowest BCUT2D eigenvalue weighted by atomic mass is 10.1. The number of nitrogens with zero attached hydrogens (tertiary/aromatic N) is 1. The van der Waals surface area contributed by atoms with Crippen molar-refractivity contribution in [3.05, 3.63) is 41.7 Å². The van der Waals surface area contributed by atoms with Crippen molar-refractivity contribution in [3.8, 4) is 11.1 Å². The summed E-state index contributed by atoms with van der Waals surface area (Å²) in [7, 11) is 0. The highest BCUT2D eigenvalue weighted by atomic mass is 32.2. The Bertz CT molecular complexity index is 581. The van der Waals surface area contributed by atoms with Crippen molar-refractivity contribution in [1.82, 2.24) is 15.2 Å². The maximum Gasteiger partial charge on any atom is 0.108 e. The van der Waals surface area contributed by atoms with E-state index < -0.39 is 0 Å². The highest BCUT2D eigenvalue weighted by Gasteiger charge is 2.10. The van der Waals surface area contributed by atoms with Crippen molar-refractivity contribution in [2.75, 3.05) is 11.5 Å². The summed E-state index contributed by atoms with van der Waals surface area (Å²) in [5.41, 5.74) is 9.09. The average molecular weight is 288 g/mol. The number of nitrogen functional groups attached to an aromatic ring is 1. The fourth-order valence-electron chi connectivity index (χ4n) is 1.88. The van der Waals surface area contributed by atoms with E-state index in [4.69, 9.17) is 5.73 Å². The van der Waals surface area contributed by atoms with Gasteiger partial charge in [0, 0.05) is 34.0 Å². The Balaban J connectivity index is 2.27. The molecule has 106 valence electrons. The molecule has 2 aromatic rings. The Kier molecular flexibility index (Phi) is 5.12. The van der Waals surface area contributed by atoms with Gasteiger partial charge in [-0.2, -0.15) is 5.10 Å². The van der Waals surface area contributed by atoms with Gasteiger partial charge in [-0.1, -0.05) is 26.0 Å². The zero-order valence-electron chi connectivity index (χ0n) is 11.6. The van der Waals surface area contributed by atoms with Crippen LogP contribution < -0.4 is 5.73 Å². The maximum atomic E-state index is 6.03. The molecule has 2 heterocycles. The Morgan fingerprint density at radius 1 is 1.50 bits per heavy atom. The van der Waals surface area contributed by atoms with E-state index >= 15 is 0 Å². The first-order chi connectivity index (χ1) is 9.76. The van der Waals surface area contributed by atoms with Crippen molar-refractivity contribution >= 4 is 23.7 Å². The monoisotopic (exact) mass is 288 g/mol. The third-order valence-electron chi connectivity index (χ3n) is 3.02. The highest BCUT2D eigenvalue weighted by Crippen LogP contribution is 2.31. The number of H-pyrrole nitrogens is 2. The van der Waals surface area contributed by atoms with Crippen LogP contribution in [0, 0.1) is 0 Å². The molecule has 0 bridgehead atoms. The molecular weight excluding hydrogens is 268 g/mol. The Morgan fingerprint density at radius 3 is 3.00 bits per heavy atom. The van der Waals surface area contributed by atoms with Gasteiger partial charge in [0.15, 0.2) is 0 Å². The molecule has 2 rings (SSSR count). The van der Waals surface area contributed by atoms with Gasteiger partial charge in [0.1, 0.15) is 5.82 Å². The number of rotatable bonds is 7. The largest absolute Gasteiger partial charge is 0.385 e. The fraction of sp³-hybridized carbons (Fsp3) is 0.267. The van der Waals surface area contributed by atoms with Crippen LogP contribution >= 0.6 is 11.8 Å². The van der Waals surface area contributed by atoms with Crippen LogP contribution in [0.15, 0.2) is 36.2 Å². The zero-order chi connectivity index (χ0) is 14.4. The van der Waals surface area contributed by atoms with Crippen LogP contribution in [0.3, 0.4) is 0 Å². The van der Waals surface area contributed by atoms with Crippen LogP contribution in [-0.2, 0) is 0 Å². The molecule has 4 nitrogen and oxygen atoms in total. The van der Waals surface area contributed by atoms with Crippen LogP contribution in [0.2, 0.25) is 0 Å². The Labute approximate surface area is 123 Å². The quantitative estimate of drug-likeness (QED) is 0.532. The molecule has 2 aromatic heterocycles. The van der Waals surface area contributed by atoms with Gasteiger partial charge < -0.3 is 10.7 Å². The van der Waals surface area contributed by atoms with Crippen molar-refractivity contribution in [2.24, 2.45) is 0 Å². The minimum absolute atomic E-state index is 0.664. The number of thioether (sulfide) groups is 1. The van der Waals surface area contributed by atoms with E-state index in [0.29, 0.717) is 5.82 Å². The summed E-state index contributed by atoms with van der Waals surface area (Å²) >= 11 is 1.81. The average Bonchev–Trinajstić information content (AvgIpc) is 3.08. The summed E-state index contributed by atoms with van der Waals surface area (Å²) in [5, 5.41) is 6.81. The SMILES string of the molecule is C=C/C(=C\c1c(-c2cn[nH]c2)c[nH]c1N)SCCCC. The molecule has 0 amide bonds. The van der Waals surface area contributed by atoms with Crippen molar-refractivity contribution < 1.29 is 0 Å². The third-order valence-corrected chi connectivity index (χ3v) is 4.13. The van der Waals surface area contributed by atoms with Crippen LogP contribution in [0.1, 0.15) is 25.3 Å². The summed E-state index contributed by atoms with van der Waals surface area (Å²) in [6.07, 6.45) is 11.9. The number of aromatic nitrogens is 3. The number of unbranched alkanes of at least 4 members (excludes halogenated alkanes) is 1. The van der Waals surface area contributed by atoms with Crippen LogP contribution in [-0.4, -0.2) is 20.9 Å². The summed E-state index contributed by atoms with van der Waals surface area (Å²) in [4.78, 5) is 4.20. The fourth-order valence-corrected chi connectivity index (χ4v) is 2.87. The summed E-state index contributed by atoms with van der Waals surface area (Å²) in [6, 6.07) is 0. The van der Waals surface area contributed by atoms with Crippen LogP contribution in [0.4, 0.5) is 5.82 Å². The number of anilines is 1. The normalized spacial score (nSPS) is 11.8. The van der Waals surface area contributed by atoms with Gasteiger partial charge in [0.25, 0.3) is 0 Å². The molecule has 4 N–H and O–H groups in total. The van der Waals surface area contributed by atoms with Gasteiger partial charge in [0.2, 0.25) is 0 Å². The van der Waals surface area contributed by atoms with Gasteiger partial charge in [-0.3, -0.25) is 5.10 Å². The third kappa shape index (κ3) is 3.36. The number of aromatic amines is 2. The minimum atomic E-state index is 0.664. The van der Waals surface area contributed by atoms with E-state index in [1.807, 2.05) is 30.2 Å². The first-order valence-electron chi connectivity index (χ1n) is 6.69. The van der Waals surface area contributed by atoms with Gasteiger partial charge in [-0.05, 0) is 18.2 Å². The number of nitrogens with two attached hydrogens (primary N) is 1. The molecule has 20 heavy (non-hydrogen) atoms. The van der Waals surface area contributed by atoms with E-state index in [9.17, 15) is 0 Å². The second-order valence-electron chi connectivity index (χ2n) is 4.47. The number of allylic oxidation sites excluding steroid dienone is 1. The standard InChI is InChI=1S/C15H20N4S/c1-3-5-6-20-12(4-2)7-13-14(10-17-15(13)16)11-8-18-19-9-11/h4,7-10,17H,2-3,5-6,16H2,1H3,(H,18,19)/b12-7+. The molecule has 0 unspecified atom stereocenters. The molecule has 0 aliphatic heterocycles. The lowest BCUT2D eigenvalue weighted by Crippen LogP contribution is -1.88. The molecule has 0 aliphatic rings. The molecular formula is C15H20N4S. The summed E-state index contributed by atoms with van der Waals surface area (Å²) in [5.74, 6) is 1.76. The van der Waals surface area contributed by atoms with E-state index in [1.54, 1.807) is 6.20 Å². The molecule has 0 aliphatic carbocycles. The highest BCUT2D eigenvalue weighted by molar-refractivity contribution is 8.03. The van der Waals surface area contributed by atoms with E-state index in [1.165, 1.54) is 12.8 Å². The minimum Gasteiger partial charge on any atom is -0.385 e. The van der Waals surface area contributed by atoms with Gasteiger partial charge in [-0.15, -0.1) is 11.8 Å². The molecule has 0 saturated carbocycles. The summed E-state index contributed by atoms with van der Waals surface area (Å²) in [6.45, 7) is 6.08. The molecule has 0 spiro atoms. The molecule has 0 radical (unpaired) electrons. The summed E-state index contributed by atoms with van der Waals surface area (Å²) < 4.78 is 0. The first kappa shape index (κ1) is 14.5. The van der Waals surface area contributed by atoms with Crippen molar-refractivity contribution in [1.29, 1.82) is 0 Å². The second-order valence-corrected chi connectivity index (χ2v) is 5.64. The van der Waals surface area contributed by atoms with E-state index in [2.05, 4.69) is 34.8 Å². The predicted molar refractivity (Wildman–Crippen MR) is 88.3 cm³/mol. The Morgan fingerprint density at radius 2 is 2.35 bits per heavy atom. The van der Waals surface area contributed by atoms with Gasteiger partial charge >= 0.3 is 0 Å². The lowest BCUT2D eigenvalue weighted by molar-refractivity contribution is 0.897. The maximum absolute atomic E-state index is 6.03. The molecule has 5 heteroatoms. The van der Waals surface area contributed by atoms with Gasteiger partial charge in [-0.25, -0.2) is 0 Å². The molecule has 0 saturated heterocycles. The topological polar surface area (TPSA) is 70.5 Å². The van der Waals surface area contributed by atoms with Crippen LogP contribution in [0.5, 0.6) is 0 Å². The van der Waals surface area contributed by atoms with Crippen molar-refractivity contribution in [2.45, 2.75) is 19.8 Å². The molecule has 0 aromatic carbocycles. The Hall–Kier alpha value is -1.88. The number of nitrogens with one attached hydrogen (secondary N) is 2. The number of hydrogen-bond acceptors (Lipinski definition) is 3. The smallest absolute Gasteiger partial charge is 0.108 e. The number of hydrogen-bond donors (Lipinski definition) is 3. The zero-order valence-corrected chi connectivity index (χ0v) is 12.5. The van der Waals surface area contributed by atoms with E-state index in [0.717, 1.165) is 27.3 Å².